The van der Waals surface area contributed by atoms with Crippen LogP contribution in [0.3, 0.4) is 0 Å². The quantitative estimate of drug-likeness (QED) is 0.383. The van der Waals surface area contributed by atoms with Crippen LogP contribution in [0.25, 0.3) is 0 Å². The lowest BCUT2D eigenvalue weighted by molar-refractivity contribution is -0.384. The predicted octanol–water partition coefficient (Wildman–Crippen LogP) is 2.06. The number of aliphatic imine (C=N–C) groups is 1. The summed E-state index contributed by atoms with van der Waals surface area (Å²) >= 11 is 0. The molecule has 0 saturated carbocycles. The molecule has 0 bridgehead atoms. The van der Waals surface area contributed by atoms with Gasteiger partial charge in [-0.3, -0.25) is 10.1 Å². The van der Waals surface area contributed by atoms with Crippen molar-refractivity contribution in [1.82, 2.24) is 10.1 Å². The number of nitrogens with zero attached hydrogens (tertiary/aromatic N) is 4. The molecule has 1 heterocycles. The van der Waals surface area contributed by atoms with E-state index in [1.54, 1.807) is 19.1 Å². The topological polar surface area (TPSA) is 106 Å². The Morgan fingerprint density at radius 1 is 1.44 bits per heavy atom. The van der Waals surface area contributed by atoms with Crippen molar-refractivity contribution >= 4 is 23.7 Å². The van der Waals surface area contributed by atoms with Crippen molar-refractivity contribution in [3.63, 3.8) is 0 Å². The van der Waals surface area contributed by atoms with Crippen LogP contribution in [0.5, 0.6) is 0 Å². The van der Waals surface area contributed by atoms with Gasteiger partial charge in [-0.2, -0.15) is 9.98 Å². The Morgan fingerprint density at radius 3 is 2.72 bits per heavy atom. The number of rotatable bonds is 4. The maximum Gasteiger partial charge on any atom is 0.290 e. The third-order valence-electron chi connectivity index (χ3n) is 2.01. The van der Waals surface area contributed by atoms with Gasteiger partial charge >= 0.3 is 0 Å². The first-order valence-electron chi connectivity index (χ1n) is 4.99. The second-order valence-electron chi connectivity index (χ2n) is 3.32. The molecule has 2 rings (SSSR count). The molecular weight excluding hydrogens is 238 g/mol. The molecule has 18 heavy (non-hydrogen) atoms. The van der Waals surface area contributed by atoms with Crippen LogP contribution in [0, 0.1) is 17.0 Å². The van der Waals surface area contributed by atoms with Crippen LogP contribution in [-0.4, -0.2) is 21.4 Å². The second kappa shape index (κ2) is 5.04. The molecule has 0 saturated heterocycles. The zero-order valence-corrected chi connectivity index (χ0v) is 9.40. The molecule has 0 aliphatic carbocycles. The normalized spacial score (nSPS) is 10.7. The van der Waals surface area contributed by atoms with Gasteiger partial charge in [-0.05, 0) is 17.3 Å². The van der Waals surface area contributed by atoms with Crippen LogP contribution in [-0.2, 0) is 0 Å². The Labute approximate surface area is 102 Å². The number of hydrogen-bond donors (Lipinski definition) is 1. The van der Waals surface area contributed by atoms with Crippen LogP contribution in [0.1, 0.15) is 5.89 Å². The van der Waals surface area contributed by atoms with E-state index in [0.717, 1.165) is 0 Å². The lowest BCUT2D eigenvalue weighted by Crippen LogP contribution is -1.95. The number of nitro benzene ring substituents is 1. The number of non-ortho nitro benzene ring substituents is 1. The minimum atomic E-state index is -0.458. The summed E-state index contributed by atoms with van der Waals surface area (Å²) in [6, 6.07) is 5.95. The standard InChI is InChI=1S/C10H9N5O3/c1-7-13-10(14-18-7)12-6-11-8-2-4-9(5-3-8)15(16)17/h2-6H,1H3,(H,11,12,14). The summed E-state index contributed by atoms with van der Waals surface area (Å²) in [7, 11) is 0. The number of anilines is 1. The van der Waals surface area contributed by atoms with Crippen molar-refractivity contribution in [3.05, 3.63) is 40.3 Å². The molecule has 1 aromatic carbocycles. The van der Waals surface area contributed by atoms with E-state index in [4.69, 9.17) is 4.52 Å². The Morgan fingerprint density at radius 2 is 2.17 bits per heavy atom. The van der Waals surface area contributed by atoms with Crippen molar-refractivity contribution in [2.45, 2.75) is 6.92 Å². The molecule has 92 valence electrons. The average Bonchev–Trinajstić information content (AvgIpc) is 2.76. The van der Waals surface area contributed by atoms with Crippen molar-refractivity contribution < 1.29 is 9.45 Å². The van der Waals surface area contributed by atoms with Gasteiger partial charge in [-0.1, -0.05) is 0 Å². The maximum atomic E-state index is 10.4. The van der Waals surface area contributed by atoms with Crippen LogP contribution < -0.4 is 5.32 Å². The molecule has 1 N–H and O–H groups in total. The molecule has 2 aromatic rings. The van der Waals surface area contributed by atoms with Crippen LogP contribution >= 0.6 is 0 Å². The summed E-state index contributed by atoms with van der Waals surface area (Å²) in [6.07, 6.45) is 1.38. The molecule has 0 spiro atoms. The Balaban J connectivity index is 1.98. The maximum absolute atomic E-state index is 10.4. The van der Waals surface area contributed by atoms with E-state index in [1.165, 1.54) is 18.5 Å². The lowest BCUT2D eigenvalue weighted by Gasteiger charge is -1.98. The largest absolute Gasteiger partial charge is 0.346 e. The highest BCUT2D eigenvalue weighted by molar-refractivity contribution is 5.77. The monoisotopic (exact) mass is 247 g/mol. The number of nitro groups is 1. The number of benzene rings is 1. The van der Waals surface area contributed by atoms with E-state index < -0.39 is 4.92 Å². The summed E-state index contributed by atoms with van der Waals surface area (Å²) < 4.78 is 4.73. The fourth-order valence-electron chi connectivity index (χ4n) is 1.18. The van der Waals surface area contributed by atoms with E-state index in [1.807, 2.05) is 0 Å². The number of aromatic nitrogens is 2. The third-order valence-corrected chi connectivity index (χ3v) is 2.01. The molecule has 8 nitrogen and oxygen atoms in total. The summed E-state index contributed by atoms with van der Waals surface area (Å²) in [5.74, 6) is 0.638. The Kier molecular flexibility index (Phi) is 3.28. The summed E-state index contributed by atoms with van der Waals surface area (Å²) in [4.78, 5) is 17.8. The molecule has 8 heteroatoms. The second-order valence-corrected chi connectivity index (χ2v) is 3.32. The third kappa shape index (κ3) is 2.88. The van der Waals surface area contributed by atoms with Gasteiger partial charge in [-0.15, -0.1) is 0 Å². The fraction of sp³-hybridized carbons (Fsp3) is 0.100. The smallest absolute Gasteiger partial charge is 0.290 e. The van der Waals surface area contributed by atoms with Crippen LogP contribution in [0.2, 0.25) is 0 Å². The first-order chi connectivity index (χ1) is 8.65. The molecule has 0 unspecified atom stereocenters. The van der Waals surface area contributed by atoms with Gasteiger partial charge in [0.25, 0.3) is 11.6 Å². The minimum Gasteiger partial charge on any atom is -0.346 e. The Bertz CT molecular complexity index is 575. The Hall–Kier alpha value is -2.77. The van der Waals surface area contributed by atoms with Gasteiger partial charge in [0, 0.05) is 24.7 Å². The zero-order chi connectivity index (χ0) is 13.0. The van der Waals surface area contributed by atoms with E-state index in [-0.39, 0.29) is 11.6 Å². The first kappa shape index (κ1) is 11.7. The van der Waals surface area contributed by atoms with Crippen molar-refractivity contribution in [2.24, 2.45) is 4.99 Å². The number of aryl methyl sites for hydroxylation is 1. The van der Waals surface area contributed by atoms with Gasteiger partial charge in [0.2, 0.25) is 5.89 Å². The lowest BCUT2D eigenvalue weighted by atomic mass is 10.3. The first-order valence-corrected chi connectivity index (χ1v) is 4.99. The summed E-state index contributed by atoms with van der Waals surface area (Å²) in [6.45, 7) is 1.66. The molecule has 0 aliphatic rings. The van der Waals surface area contributed by atoms with Gasteiger partial charge < -0.3 is 9.84 Å². The molecule has 1 aromatic heterocycles. The van der Waals surface area contributed by atoms with Crippen molar-refractivity contribution in [1.29, 1.82) is 0 Å². The average molecular weight is 247 g/mol. The molecule has 0 amide bonds. The van der Waals surface area contributed by atoms with Crippen LogP contribution in [0.15, 0.2) is 33.8 Å². The zero-order valence-electron chi connectivity index (χ0n) is 9.40. The van der Waals surface area contributed by atoms with E-state index in [2.05, 4.69) is 20.4 Å². The summed E-state index contributed by atoms with van der Waals surface area (Å²) in [5, 5.41) is 16.8. The fourth-order valence-corrected chi connectivity index (χ4v) is 1.18. The predicted molar refractivity (Wildman–Crippen MR) is 63.9 cm³/mol. The number of hydrogen-bond acceptors (Lipinski definition) is 6. The molecule has 0 aliphatic heterocycles. The molecule has 0 fully saturated rings. The van der Waals surface area contributed by atoms with Gasteiger partial charge in [0.05, 0.1) is 11.3 Å². The van der Waals surface area contributed by atoms with Crippen molar-refractivity contribution in [2.75, 3.05) is 5.32 Å². The molecule has 0 radical (unpaired) electrons. The van der Waals surface area contributed by atoms with E-state index in [0.29, 0.717) is 11.6 Å². The van der Waals surface area contributed by atoms with E-state index >= 15 is 0 Å². The SMILES string of the molecule is Cc1nc(/N=C\Nc2ccc([N+](=O)[O-])cc2)no1. The summed E-state index contributed by atoms with van der Waals surface area (Å²) in [5.41, 5.74) is 0.704. The number of nitrogens with one attached hydrogen (secondary N) is 1. The molecule has 0 atom stereocenters. The van der Waals surface area contributed by atoms with E-state index in [9.17, 15) is 10.1 Å². The van der Waals surface area contributed by atoms with Crippen molar-refractivity contribution in [3.8, 4) is 0 Å². The molecular formula is C10H9N5O3. The van der Waals surface area contributed by atoms with Gasteiger partial charge in [0.15, 0.2) is 0 Å². The highest BCUT2D eigenvalue weighted by atomic mass is 16.6. The minimum absolute atomic E-state index is 0.0336. The van der Waals surface area contributed by atoms with Crippen LogP contribution in [0.4, 0.5) is 17.3 Å². The van der Waals surface area contributed by atoms with Gasteiger partial charge in [0.1, 0.15) is 0 Å². The highest BCUT2D eigenvalue weighted by Crippen LogP contribution is 2.14. The highest BCUT2D eigenvalue weighted by Gasteiger charge is 2.02. The van der Waals surface area contributed by atoms with Gasteiger partial charge in [-0.25, -0.2) is 0 Å².